The highest BCUT2D eigenvalue weighted by Crippen LogP contribution is 2.48. The van der Waals surface area contributed by atoms with Gasteiger partial charge in [0, 0.05) is 23.4 Å². The summed E-state index contributed by atoms with van der Waals surface area (Å²) < 4.78 is 1.86. The van der Waals surface area contributed by atoms with Crippen molar-refractivity contribution in [3.63, 3.8) is 0 Å². The van der Waals surface area contributed by atoms with Crippen LogP contribution < -0.4 is 10.2 Å². The lowest BCUT2D eigenvalue weighted by Gasteiger charge is -2.37. The summed E-state index contributed by atoms with van der Waals surface area (Å²) in [4.78, 5) is 15.4. The van der Waals surface area contributed by atoms with Gasteiger partial charge in [0.15, 0.2) is 0 Å². The van der Waals surface area contributed by atoms with E-state index in [1.807, 2.05) is 72.0 Å². The summed E-state index contributed by atoms with van der Waals surface area (Å²) in [6.45, 7) is 4.58. The Balaban J connectivity index is 1.87. The predicted molar refractivity (Wildman–Crippen MR) is 97.6 cm³/mol. The highest BCUT2D eigenvalue weighted by molar-refractivity contribution is 6.10. The van der Waals surface area contributed by atoms with Gasteiger partial charge in [0.2, 0.25) is 5.66 Å². The highest BCUT2D eigenvalue weighted by atomic mass is 16.2. The molecule has 1 spiro atoms. The molecule has 1 amide bonds. The molecule has 5 heteroatoms. The molecule has 2 aliphatic heterocycles. The molecule has 0 unspecified atom stereocenters. The molecule has 0 radical (unpaired) electrons. The molecule has 124 valence electrons. The van der Waals surface area contributed by atoms with Crippen LogP contribution in [-0.2, 0) is 10.5 Å². The highest BCUT2D eigenvalue weighted by Gasteiger charge is 2.55. The minimum Gasteiger partial charge on any atom is -0.349 e. The fourth-order valence-corrected chi connectivity index (χ4v) is 4.08. The number of likely N-dealkylation sites (N-methyl/N-ethyl adjacent to an activating group) is 1. The number of aromatic nitrogens is 2. The van der Waals surface area contributed by atoms with E-state index in [4.69, 9.17) is 5.10 Å². The SMILES string of the molecule is CCN1C(=O)[C@@]2(Nc3ccccc3-c3cc(C)nn32)c2ccccc21. The molecular formula is C20H18N4O. The van der Waals surface area contributed by atoms with Crippen molar-refractivity contribution in [3.8, 4) is 11.3 Å². The van der Waals surface area contributed by atoms with Gasteiger partial charge in [0.25, 0.3) is 5.91 Å². The number of benzene rings is 2. The van der Waals surface area contributed by atoms with Crippen LogP contribution >= 0.6 is 0 Å². The quantitative estimate of drug-likeness (QED) is 0.744. The van der Waals surface area contributed by atoms with Gasteiger partial charge in [0.05, 0.1) is 17.1 Å². The van der Waals surface area contributed by atoms with Crippen molar-refractivity contribution in [2.45, 2.75) is 19.5 Å². The topological polar surface area (TPSA) is 50.2 Å². The number of rotatable bonds is 1. The van der Waals surface area contributed by atoms with Crippen LogP contribution in [-0.4, -0.2) is 22.2 Å². The van der Waals surface area contributed by atoms with Crippen molar-refractivity contribution < 1.29 is 4.79 Å². The average Bonchev–Trinajstić information content (AvgIpc) is 3.13. The van der Waals surface area contributed by atoms with E-state index in [1.54, 1.807) is 0 Å². The number of carbonyl (C=O) groups excluding carboxylic acids is 1. The molecule has 0 saturated heterocycles. The number of hydrogen-bond acceptors (Lipinski definition) is 3. The van der Waals surface area contributed by atoms with Gasteiger partial charge in [-0.3, -0.25) is 4.79 Å². The van der Waals surface area contributed by atoms with Crippen molar-refractivity contribution in [1.29, 1.82) is 0 Å². The number of hydrogen-bond donors (Lipinski definition) is 1. The summed E-state index contributed by atoms with van der Waals surface area (Å²) in [5, 5.41) is 8.23. The Morgan fingerprint density at radius 3 is 2.72 bits per heavy atom. The van der Waals surface area contributed by atoms with Gasteiger partial charge < -0.3 is 10.2 Å². The molecule has 25 heavy (non-hydrogen) atoms. The van der Waals surface area contributed by atoms with Gasteiger partial charge in [-0.15, -0.1) is 0 Å². The van der Waals surface area contributed by atoms with Crippen molar-refractivity contribution in [2.75, 3.05) is 16.8 Å². The largest absolute Gasteiger partial charge is 0.349 e. The molecule has 0 fully saturated rings. The Labute approximate surface area is 145 Å². The monoisotopic (exact) mass is 330 g/mol. The van der Waals surface area contributed by atoms with E-state index in [0.717, 1.165) is 33.9 Å². The smallest absolute Gasteiger partial charge is 0.280 e. The molecule has 0 saturated carbocycles. The first-order valence-corrected chi connectivity index (χ1v) is 8.53. The maximum Gasteiger partial charge on any atom is 0.280 e. The Kier molecular flexibility index (Phi) is 2.70. The van der Waals surface area contributed by atoms with E-state index in [0.29, 0.717) is 6.54 Å². The summed E-state index contributed by atoms with van der Waals surface area (Å²) in [5.41, 5.74) is 4.75. The molecular weight excluding hydrogens is 312 g/mol. The molecule has 2 aliphatic rings. The third-order valence-corrected chi connectivity index (χ3v) is 5.12. The molecule has 5 rings (SSSR count). The molecule has 5 nitrogen and oxygen atoms in total. The zero-order valence-electron chi connectivity index (χ0n) is 14.2. The van der Waals surface area contributed by atoms with Crippen LogP contribution in [0.3, 0.4) is 0 Å². The molecule has 1 aromatic heterocycles. The predicted octanol–water partition coefficient (Wildman–Crippen LogP) is 3.35. The van der Waals surface area contributed by atoms with Gasteiger partial charge in [-0.1, -0.05) is 36.4 Å². The number of aryl methyl sites for hydroxylation is 1. The second-order valence-electron chi connectivity index (χ2n) is 6.53. The fourth-order valence-electron chi connectivity index (χ4n) is 4.08. The Hall–Kier alpha value is -3.08. The first-order chi connectivity index (χ1) is 12.2. The van der Waals surface area contributed by atoms with Crippen LogP contribution in [0.4, 0.5) is 11.4 Å². The fraction of sp³-hybridized carbons (Fsp3) is 0.200. The van der Waals surface area contributed by atoms with E-state index in [1.165, 1.54) is 0 Å². The number of nitrogens with one attached hydrogen (secondary N) is 1. The lowest BCUT2D eigenvalue weighted by atomic mass is 9.95. The first kappa shape index (κ1) is 14.3. The zero-order valence-corrected chi connectivity index (χ0v) is 14.2. The summed E-state index contributed by atoms with van der Waals surface area (Å²) in [5.74, 6) is 0.00931. The summed E-state index contributed by atoms with van der Waals surface area (Å²) in [6, 6.07) is 18.1. The minimum absolute atomic E-state index is 0.00931. The number of amides is 1. The molecule has 1 N–H and O–H groups in total. The zero-order chi connectivity index (χ0) is 17.2. The van der Waals surface area contributed by atoms with Crippen LogP contribution in [0, 0.1) is 6.92 Å². The van der Waals surface area contributed by atoms with Crippen LogP contribution in [0.15, 0.2) is 54.6 Å². The molecule has 0 bridgehead atoms. The number of carbonyl (C=O) groups is 1. The maximum atomic E-state index is 13.6. The summed E-state index contributed by atoms with van der Waals surface area (Å²) in [6.07, 6.45) is 0. The molecule has 3 heterocycles. The maximum absolute atomic E-state index is 13.6. The Morgan fingerprint density at radius 2 is 1.88 bits per heavy atom. The van der Waals surface area contributed by atoms with Gasteiger partial charge in [-0.05, 0) is 32.0 Å². The number of fused-ring (bicyclic) bond motifs is 6. The third-order valence-electron chi connectivity index (χ3n) is 5.12. The summed E-state index contributed by atoms with van der Waals surface area (Å²) in [7, 11) is 0. The number of nitrogens with zero attached hydrogens (tertiary/aromatic N) is 3. The van der Waals surface area contributed by atoms with Gasteiger partial charge >= 0.3 is 0 Å². The normalized spacial score (nSPS) is 20.2. The number of para-hydroxylation sites is 2. The van der Waals surface area contributed by atoms with Gasteiger partial charge in [0.1, 0.15) is 0 Å². The molecule has 0 aliphatic carbocycles. The standard InChI is InChI=1S/C20H18N4O/c1-3-23-17-11-7-5-9-15(17)20(19(23)25)21-16-10-6-4-8-14(16)18-12-13(2)22-24(18)20/h4-12,21H,3H2,1-2H3/t20-/m1/s1. The Bertz CT molecular complexity index is 1020. The van der Waals surface area contributed by atoms with Crippen LogP contribution in [0.25, 0.3) is 11.3 Å². The van der Waals surface area contributed by atoms with E-state index in [-0.39, 0.29) is 5.91 Å². The average molecular weight is 330 g/mol. The lowest BCUT2D eigenvalue weighted by Crippen LogP contribution is -2.53. The second-order valence-corrected chi connectivity index (χ2v) is 6.53. The van der Waals surface area contributed by atoms with E-state index in [9.17, 15) is 4.79 Å². The lowest BCUT2D eigenvalue weighted by molar-refractivity contribution is -0.123. The van der Waals surface area contributed by atoms with E-state index < -0.39 is 5.66 Å². The van der Waals surface area contributed by atoms with Crippen molar-refractivity contribution >= 4 is 17.3 Å². The van der Waals surface area contributed by atoms with Crippen molar-refractivity contribution in [3.05, 3.63) is 65.9 Å². The van der Waals surface area contributed by atoms with E-state index >= 15 is 0 Å². The molecule has 2 aromatic carbocycles. The number of anilines is 2. The van der Waals surface area contributed by atoms with Gasteiger partial charge in [-0.25, -0.2) is 4.68 Å². The van der Waals surface area contributed by atoms with Crippen LogP contribution in [0.2, 0.25) is 0 Å². The Morgan fingerprint density at radius 1 is 1.12 bits per heavy atom. The summed E-state index contributed by atoms with van der Waals surface area (Å²) >= 11 is 0. The van der Waals surface area contributed by atoms with Crippen molar-refractivity contribution in [2.24, 2.45) is 0 Å². The minimum atomic E-state index is -1.02. The van der Waals surface area contributed by atoms with E-state index in [2.05, 4.69) is 11.4 Å². The second kappa shape index (κ2) is 4.72. The third kappa shape index (κ3) is 1.62. The van der Waals surface area contributed by atoms with Crippen molar-refractivity contribution in [1.82, 2.24) is 9.78 Å². The first-order valence-electron chi connectivity index (χ1n) is 8.53. The molecule has 3 aromatic rings. The van der Waals surface area contributed by atoms with Crippen LogP contribution in [0.1, 0.15) is 18.2 Å². The van der Waals surface area contributed by atoms with Gasteiger partial charge in [-0.2, -0.15) is 5.10 Å². The molecule has 1 atom stereocenters. The van der Waals surface area contributed by atoms with Crippen LogP contribution in [0.5, 0.6) is 0 Å².